The number of hydrogen-bond donors (Lipinski definition) is 1. The van der Waals surface area contributed by atoms with Crippen LogP contribution in [0.5, 0.6) is 0 Å². The standard InChI is InChI=1S/CH4O4S.Na/c2-1-6-5-4-3;/h2-3H,1H2;/q;+1/p-1. The van der Waals surface area contributed by atoms with Crippen LogP contribution in [0.25, 0.3) is 0 Å². The molecule has 0 aromatic rings. The van der Waals surface area contributed by atoms with E-state index in [1.807, 2.05) is 0 Å². The Kier molecular flexibility index (Phi) is 16.1. The molecule has 0 fully saturated rings. The molecule has 0 rings (SSSR count). The van der Waals surface area contributed by atoms with Gasteiger partial charge in [0.1, 0.15) is 5.94 Å². The average Bonchev–Trinajstić information content (AvgIpc) is 1.61. The van der Waals surface area contributed by atoms with Crippen LogP contribution in [-0.2, 0) is 9.37 Å². The van der Waals surface area contributed by atoms with Crippen molar-refractivity contribution in [3.63, 3.8) is 0 Å². The van der Waals surface area contributed by atoms with E-state index >= 15 is 0 Å². The molecule has 0 saturated carbocycles. The first-order valence-corrected chi connectivity index (χ1v) is 2.02. The summed E-state index contributed by atoms with van der Waals surface area (Å²) >= 11 is 0.529. The molecule has 6 heteroatoms. The summed E-state index contributed by atoms with van der Waals surface area (Å²) in [6.07, 6.45) is 0. The molecule has 0 aromatic heterocycles. The van der Waals surface area contributed by atoms with Crippen LogP contribution in [0.2, 0.25) is 0 Å². The van der Waals surface area contributed by atoms with Gasteiger partial charge in [-0.05, 0) is 0 Å². The van der Waals surface area contributed by atoms with Crippen LogP contribution in [0.1, 0.15) is 0 Å². The van der Waals surface area contributed by atoms with E-state index in [4.69, 9.17) is 10.4 Å². The Morgan fingerprint density at radius 3 is 2.43 bits per heavy atom. The quantitative estimate of drug-likeness (QED) is 0.106. The predicted molar refractivity (Wildman–Crippen MR) is 16.8 cm³/mol. The van der Waals surface area contributed by atoms with E-state index in [-0.39, 0.29) is 35.5 Å². The van der Waals surface area contributed by atoms with E-state index in [1.54, 1.807) is 0 Å². The van der Waals surface area contributed by atoms with Crippen LogP contribution < -0.4 is 34.8 Å². The largest absolute Gasteiger partial charge is 1.00 e. The van der Waals surface area contributed by atoms with Crippen LogP contribution in [0, 0.1) is 0 Å². The maximum Gasteiger partial charge on any atom is 1.00 e. The molecule has 1 N–H and O–H groups in total. The SMILES string of the molecule is [Na+].[O-]OOSCO. The van der Waals surface area contributed by atoms with Crippen LogP contribution in [0.4, 0.5) is 0 Å². The Morgan fingerprint density at radius 1 is 1.71 bits per heavy atom. The molecule has 0 saturated heterocycles. The van der Waals surface area contributed by atoms with Gasteiger partial charge in [0.15, 0.2) is 0 Å². The molecule has 0 heterocycles. The second kappa shape index (κ2) is 10.2. The molecule has 0 unspecified atom stereocenters. The van der Waals surface area contributed by atoms with Gasteiger partial charge in [-0.25, -0.2) is 0 Å². The van der Waals surface area contributed by atoms with E-state index in [1.165, 1.54) is 0 Å². The summed E-state index contributed by atoms with van der Waals surface area (Å²) in [6, 6.07) is 0. The molecule has 0 bridgehead atoms. The molecule has 0 amide bonds. The summed E-state index contributed by atoms with van der Waals surface area (Å²) in [6.45, 7) is 0. The molecule has 0 aliphatic rings. The first-order valence-electron chi connectivity index (χ1n) is 1.10. The Bertz CT molecular complexity index is 23.7. The van der Waals surface area contributed by atoms with Gasteiger partial charge in [0.2, 0.25) is 0 Å². The molecule has 0 radical (unpaired) electrons. The van der Waals surface area contributed by atoms with Gasteiger partial charge in [-0.3, -0.25) is 5.04 Å². The summed E-state index contributed by atoms with van der Waals surface area (Å²) in [7, 11) is 0. The topological polar surface area (TPSA) is 61.8 Å². The second-order valence-corrected chi connectivity index (χ2v) is 1.01. The van der Waals surface area contributed by atoms with E-state index in [0.717, 1.165) is 0 Å². The van der Waals surface area contributed by atoms with Crippen LogP contribution >= 0.6 is 12.0 Å². The minimum Gasteiger partial charge on any atom is -0.691 e. The van der Waals surface area contributed by atoms with Crippen molar-refractivity contribution in [3.8, 4) is 0 Å². The number of hydrogen-bond acceptors (Lipinski definition) is 5. The van der Waals surface area contributed by atoms with Crippen LogP contribution in [0.15, 0.2) is 0 Å². The van der Waals surface area contributed by atoms with Crippen molar-refractivity contribution < 1.29 is 49.3 Å². The van der Waals surface area contributed by atoms with Gasteiger partial charge < -0.3 is 10.4 Å². The van der Waals surface area contributed by atoms with Crippen molar-refractivity contribution in [3.05, 3.63) is 0 Å². The van der Waals surface area contributed by atoms with E-state index < -0.39 is 0 Å². The smallest absolute Gasteiger partial charge is 0.691 e. The van der Waals surface area contributed by atoms with E-state index in [2.05, 4.69) is 9.37 Å². The summed E-state index contributed by atoms with van der Waals surface area (Å²) in [5.74, 6) is -0.276. The zero-order valence-electron chi connectivity index (χ0n) is 3.79. The Labute approximate surface area is 67.2 Å². The fourth-order valence-corrected chi connectivity index (χ4v) is 0.123. The zero-order chi connectivity index (χ0) is 4.83. The first-order chi connectivity index (χ1) is 2.91. The monoisotopic (exact) mass is 134 g/mol. The zero-order valence-corrected chi connectivity index (χ0v) is 6.60. The van der Waals surface area contributed by atoms with E-state index in [0.29, 0.717) is 12.0 Å². The molecule has 0 spiro atoms. The molecular formula is CH3NaO4S. The fraction of sp³-hybridized carbons (Fsp3) is 1.00. The average molecular weight is 134 g/mol. The summed E-state index contributed by atoms with van der Waals surface area (Å²) in [4.78, 5) is 0. The van der Waals surface area contributed by atoms with Crippen LogP contribution in [0.3, 0.4) is 0 Å². The third-order valence-corrected chi connectivity index (χ3v) is 0.386. The van der Waals surface area contributed by atoms with Crippen molar-refractivity contribution in [1.29, 1.82) is 0 Å². The van der Waals surface area contributed by atoms with Gasteiger partial charge in [-0.1, -0.05) is 0 Å². The van der Waals surface area contributed by atoms with Gasteiger partial charge in [0.05, 0.1) is 12.0 Å². The van der Waals surface area contributed by atoms with Crippen molar-refractivity contribution >= 4 is 12.0 Å². The van der Waals surface area contributed by atoms with Gasteiger partial charge in [-0.2, -0.15) is 4.33 Å². The Balaban J connectivity index is 0. The molecule has 0 aliphatic carbocycles. The van der Waals surface area contributed by atoms with E-state index in [9.17, 15) is 0 Å². The number of rotatable bonds is 3. The van der Waals surface area contributed by atoms with Gasteiger partial charge in [0, 0.05) is 0 Å². The third-order valence-electron chi connectivity index (χ3n) is 0.129. The molecule has 7 heavy (non-hydrogen) atoms. The van der Waals surface area contributed by atoms with Gasteiger partial charge in [-0.15, -0.1) is 0 Å². The predicted octanol–water partition coefficient (Wildman–Crippen LogP) is -4.19. The normalized spacial score (nSPS) is 7.71. The number of aliphatic hydroxyl groups is 1. The minimum atomic E-state index is -0.276. The minimum absolute atomic E-state index is 0. The molecule has 38 valence electrons. The first kappa shape index (κ1) is 11.0. The summed E-state index contributed by atoms with van der Waals surface area (Å²) < 4.78 is 3.59. The molecule has 0 aliphatic heterocycles. The molecule has 0 atom stereocenters. The van der Waals surface area contributed by atoms with Gasteiger partial charge in [0.25, 0.3) is 0 Å². The van der Waals surface area contributed by atoms with Crippen LogP contribution in [-0.4, -0.2) is 11.0 Å². The number of aliphatic hydroxyl groups excluding tert-OH is 1. The Morgan fingerprint density at radius 2 is 2.29 bits per heavy atom. The van der Waals surface area contributed by atoms with Crippen molar-refractivity contribution in [2.75, 3.05) is 5.94 Å². The second-order valence-electron chi connectivity index (χ2n) is 0.383. The molecular weight excluding hydrogens is 131 g/mol. The third kappa shape index (κ3) is 11.0. The molecule has 0 aromatic carbocycles. The Hall–Kier alpha value is 1.19. The summed E-state index contributed by atoms with van der Waals surface area (Å²) in [5.41, 5.74) is 0. The fourth-order valence-electron chi connectivity index (χ4n) is 0.0412. The van der Waals surface area contributed by atoms with Crippen molar-refractivity contribution in [1.82, 2.24) is 0 Å². The van der Waals surface area contributed by atoms with Crippen molar-refractivity contribution in [2.24, 2.45) is 0 Å². The maximum absolute atomic E-state index is 8.83. The maximum atomic E-state index is 8.83. The van der Waals surface area contributed by atoms with Gasteiger partial charge >= 0.3 is 29.6 Å². The summed E-state index contributed by atoms with van der Waals surface area (Å²) in [5, 5.41) is 19.5. The molecule has 4 nitrogen and oxygen atoms in total. The van der Waals surface area contributed by atoms with Crippen molar-refractivity contribution in [2.45, 2.75) is 0 Å².